The van der Waals surface area contributed by atoms with E-state index in [4.69, 9.17) is 14.2 Å². The zero-order chi connectivity index (χ0) is 21.1. The minimum Gasteiger partial charge on any atom is -0.494 e. The molecule has 0 aliphatic rings. The summed E-state index contributed by atoms with van der Waals surface area (Å²) in [5.74, 6) is 0.509. The van der Waals surface area contributed by atoms with Crippen LogP contribution in [0.4, 0.5) is 0 Å². The molecule has 0 aromatic heterocycles. The van der Waals surface area contributed by atoms with E-state index >= 15 is 0 Å². The summed E-state index contributed by atoms with van der Waals surface area (Å²) in [5.41, 5.74) is 2.01. The van der Waals surface area contributed by atoms with Crippen molar-refractivity contribution in [3.05, 3.63) is 71.8 Å². The fraction of sp³-hybridized carbons (Fsp3) is 0.333. The van der Waals surface area contributed by atoms with Crippen LogP contribution in [0.1, 0.15) is 48.5 Å². The molecule has 0 atom stereocenters. The number of hydrogen-bond donors (Lipinski definition) is 0. The molecule has 154 valence electrons. The van der Waals surface area contributed by atoms with E-state index < -0.39 is 5.97 Å². The van der Waals surface area contributed by atoms with E-state index in [2.05, 4.69) is 6.58 Å². The molecule has 5 nitrogen and oxygen atoms in total. The highest BCUT2D eigenvalue weighted by Gasteiger charge is 2.08. The molecule has 0 N–H and O–H groups in total. The van der Waals surface area contributed by atoms with Gasteiger partial charge in [0.25, 0.3) is 0 Å². The number of benzene rings is 2. The second-order valence-corrected chi connectivity index (χ2v) is 6.91. The Morgan fingerprint density at radius 1 is 0.828 bits per heavy atom. The van der Waals surface area contributed by atoms with Crippen LogP contribution in [0.5, 0.6) is 11.5 Å². The lowest BCUT2D eigenvalue weighted by Gasteiger charge is -2.08. The van der Waals surface area contributed by atoms with Crippen molar-refractivity contribution in [2.24, 2.45) is 0 Å². The molecule has 5 heteroatoms. The molecule has 0 aliphatic heterocycles. The molecule has 0 spiro atoms. The Hall–Kier alpha value is -3.08. The third-order valence-electron chi connectivity index (χ3n) is 4.21. The summed E-state index contributed by atoms with van der Waals surface area (Å²) >= 11 is 0. The Kier molecular flexibility index (Phi) is 8.96. The standard InChI is InChI=1S/C24H28O5/c1-18(2)23(25)28-17-7-5-4-6-16-27-21-14-10-20(11-15-21)24(26)29-22-12-8-19(3)9-13-22/h8-15H,1,4-7,16-17H2,2-3H3. The number of rotatable bonds is 11. The van der Waals surface area contributed by atoms with Crippen LogP contribution in [0.25, 0.3) is 0 Å². The van der Waals surface area contributed by atoms with E-state index in [-0.39, 0.29) is 5.97 Å². The van der Waals surface area contributed by atoms with Crippen LogP contribution in [0.2, 0.25) is 0 Å². The molecule has 0 unspecified atom stereocenters. The summed E-state index contributed by atoms with van der Waals surface area (Å²) in [4.78, 5) is 23.4. The normalized spacial score (nSPS) is 10.3. The van der Waals surface area contributed by atoms with Crippen LogP contribution in [-0.2, 0) is 9.53 Å². The van der Waals surface area contributed by atoms with Gasteiger partial charge in [-0.15, -0.1) is 0 Å². The first-order valence-electron chi connectivity index (χ1n) is 9.80. The summed E-state index contributed by atoms with van der Waals surface area (Å²) in [7, 11) is 0. The first-order valence-corrected chi connectivity index (χ1v) is 9.80. The Bertz CT molecular complexity index is 806. The number of hydrogen-bond acceptors (Lipinski definition) is 5. The fourth-order valence-corrected chi connectivity index (χ4v) is 2.50. The molecule has 0 saturated heterocycles. The van der Waals surface area contributed by atoms with Crippen LogP contribution in [0, 0.1) is 6.92 Å². The summed E-state index contributed by atoms with van der Waals surface area (Å²) in [6.45, 7) is 8.18. The van der Waals surface area contributed by atoms with Gasteiger partial charge in [-0.3, -0.25) is 0 Å². The molecule has 0 fully saturated rings. The summed E-state index contributed by atoms with van der Waals surface area (Å²) in [6.07, 6.45) is 3.70. The van der Waals surface area contributed by atoms with Crippen molar-refractivity contribution in [3.63, 3.8) is 0 Å². The van der Waals surface area contributed by atoms with Crippen molar-refractivity contribution in [2.75, 3.05) is 13.2 Å². The summed E-state index contributed by atoms with van der Waals surface area (Å²) in [5, 5.41) is 0. The Balaban J connectivity index is 1.62. The maximum Gasteiger partial charge on any atom is 0.343 e. The lowest BCUT2D eigenvalue weighted by atomic mass is 10.2. The third-order valence-corrected chi connectivity index (χ3v) is 4.21. The van der Waals surface area contributed by atoms with Crippen LogP contribution in [-0.4, -0.2) is 25.2 Å². The van der Waals surface area contributed by atoms with E-state index in [0.717, 1.165) is 31.2 Å². The lowest BCUT2D eigenvalue weighted by Crippen LogP contribution is -2.08. The first kappa shape index (κ1) is 22.2. The molecule has 2 aromatic rings. The number of ether oxygens (including phenoxy) is 3. The Morgan fingerprint density at radius 3 is 2.03 bits per heavy atom. The molecular formula is C24H28O5. The summed E-state index contributed by atoms with van der Waals surface area (Å²) < 4.78 is 16.1. The van der Waals surface area contributed by atoms with E-state index in [1.807, 2.05) is 19.1 Å². The second kappa shape index (κ2) is 11.7. The van der Waals surface area contributed by atoms with Crippen LogP contribution in [0.15, 0.2) is 60.7 Å². The maximum atomic E-state index is 12.2. The van der Waals surface area contributed by atoms with Crippen molar-refractivity contribution in [1.29, 1.82) is 0 Å². The van der Waals surface area contributed by atoms with E-state index in [1.54, 1.807) is 43.3 Å². The minimum absolute atomic E-state index is 0.334. The highest BCUT2D eigenvalue weighted by atomic mass is 16.5. The Morgan fingerprint density at radius 2 is 1.41 bits per heavy atom. The van der Waals surface area contributed by atoms with Gasteiger partial charge >= 0.3 is 11.9 Å². The largest absolute Gasteiger partial charge is 0.494 e. The topological polar surface area (TPSA) is 61.8 Å². The first-order chi connectivity index (χ1) is 14.0. The minimum atomic E-state index is -0.396. The highest BCUT2D eigenvalue weighted by molar-refractivity contribution is 5.91. The maximum absolute atomic E-state index is 12.2. The quantitative estimate of drug-likeness (QED) is 0.224. The number of carbonyl (C=O) groups excluding carboxylic acids is 2. The van der Waals surface area contributed by atoms with Crippen molar-refractivity contribution in [2.45, 2.75) is 39.5 Å². The second-order valence-electron chi connectivity index (χ2n) is 6.91. The molecule has 2 rings (SSSR count). The molecule has 0 radical (unpaired) electrons. The molecule has 0 aliphatic carbocycles. The van der Waals surface area contributed by atoms with E-state index in [0.29, 0.717) is 35.8 Å². The highest BCUT2D eigenvalue weighted by Crippen LogP contribution is 2.17. The van der Waals surface area contributed by atoms with Gasteiger partial charge in [-0.1, -0.05) is 24.3 Å². The number of aryl methyl sites for hydroxylation is 1. The smallest absolute Gasteiger partial charge is 0.343 e. The Labute approximate surface area is 172 Å². The van der Waals surface area contributed by atoms with Crippen LogP contribution >= 0.6 is 0 Å². The zero-order valence-electron chi connectivity index (χ0n) is 17.1. The SMILES string of the molecule is C=C(C)C(=O)OCCCCCCOc1ccc(C(=O)Oc2ccc(C)cc2)cc1. The van der Waals surface area contributed by atoms with Gasteiger partial charge < -0.3 is 14.2 Å². The lowest BCUT2D eigenvalue weighted by molar-refractivity contribution is -0.139. The van der Waals surface area contributed by atoms with E-state index in [9.17, 15) is 9.59 Å². The van der Waals surface area contributed by atoms with Crippen LogP contribution in [0.3, 0.4) is 0 Å². The van der Waals surface area contributed by atoms with Gasteiger partial charge in [0.15, 0.2) is 0 Å². The van der Waals surface area contributed by atoms with Gasteiger partial charge in [0, 0.05) is 5.57 Å². The molecule has 0 bridgehead atoms. The molecule has 2 aromatic carbocycles. The molecule has 0 saturated carbocycles. The monoisotopic (exact) mass is 396 g/mol. The van der Waals surface area contributed by atoms with Gasteiger partial charge in [-0.25, -0.2) is 9.59 Å². The summed E-state index contributed by atoms with van der Waals surface area (Å²) in [6, 6.07) is 14.3. The van der Waals surface area contributed by atoms with Crippen LogP contribution < -0.4 is 9.47 Å². The van der Waals surface area contributed by atoms with E-state index in [1.165, 1.54) is 0 Å². The average Bonchev–Trinajstić information content (AvgIpc) is 2.71. The number of carbonyl (C=O) groups is 2. The molecule has 29 heavy (non-hydrogen) atoms. The zero-order valence-corrected chi connectivity index (χ0v) is 17.1. The predicted octanol–water partition coefficient (Wildman–Crippen LogP) is 5.27. The number of unbranched alkanes of at least 4 members (excludes halogenated alkanes) is 3. The predicted molar refractivity (Wildman–Crippen MR) is 112 cm³/mol. The van der Waals surface area contributed by atoms with Crippen molar-refractivity contribution < 1.29 is 23.8 Å². The van der Waals surface area contributed by atoms with Crippen molar-refractivity contribution in [1.82, 2.24) is 0 Å². The molecule has 0 amide bonds. The third kappa shape index (κ3) is 8.21. The van der Waals surface area contributed by atoms with Crippen molar-refractivity contribution >= 4 is 11.9 Å². The molecule has 0 heterocycles. The van der Waals surface area contributed by atoms with Gasteiger partial charge in [0.05, 0.1) is 18.8 Å². The van der Waals surface area contributed by atoms with Gasteiger partial charge in [-0.2, -0.15) is 0 Å². The van der Waals surface area contributed by atoms with Gasteiger partial charge in [-0.05, 0) is 75.9 Å². The van der Waals surface area contributed by atoms with Gasteiger partial charge in [0.1, 0.15) is 11.5 Å². The van der Waals surface area contributed by atoms with Gasteiger partial charge in [0.2, 0.25) is 0 Å². The fourth-order valence-electron chi connectivity index (χ4n) is 2.50. The molecular weight excluding hydrogens is 368 g/mol. The van der Waals surface area contributed by atoms with Crippen molar-refractivity contribution in [3.8, 4) is 11.5 Å². The average molecular weight is 396 g/mol. The number of esters is 2.